The molecule has 11 nitrogen and oxygen atoms in total. The van der Waals surface area contributed by atoms with Crippen molar-refractivity contribution in [3.8, 4) is 11.8 Å². The Balaban J connectivity index is 1.43. The molecule has 1 saturated heterocycles. The van der Waals surface area contributed by atoms with Gasteiger partial charge in [0.15, 0.2) is 0 Å². The fraction of sp³-hybridized carbons (Fsp3) is 0.304. The number of ether oxygens (including phenoxy) is 1. The molecule has 1 atom stereocenters. The molecule has 3 amide bonds. The van der Waals surface area contributed by atoms with Crippen LogP contribution in [-0.2, 0) is 4.79 Å². The highest BCUT2D eigenvalue weighted by molar-refractivity contribution is 6.08. The van der Waals surface area contributed by atoms with Gasteiger partial charge in [0.25, 0.3) is 17.7 Å². The van der Waals surface area contributed by atoms with Crippen LogP contribution in [-0.4, -0.2) is 68.7 Å². The van der Waals surface area contributed by atoms with Crippen LogP contribution in [0.25, 0.3) is 5.65 Å². The molecule has 2 N–H and O–H groups in total. The van der Waals surface area contributed by atoms with E-state index in [2.05, 4.69) is 20.6 Å². The zero-order chi connectivity index (χ0) is 25.9. The lowest BCUT2D eigenvalue weighted by Gasteiger charge is -2.19. The topological polar surface area (TPSA) is 142 Å². The summed E-state index contributed by atoms with van der Waals surface area (Å²) in [6.45, 7) is 0.837. The van der Waals surface area contributed by atoms with Gasteiger partial charge in [-0.3, -0.25) is 19.4 Å². The molecule has 1 fully saturated rings. The Hall–Kier alpha value is -4.60. The molecular weight excluding hydrogens is 476 g/mol. The molecule has 1 aliphatic rings. The molecule has 13 heteroatoms. The van der Waals surface area contributed by atoms with Gasteiger partial charge >= 0.3 is 0 Å². The van der Waals surface area contributed by atoms with Crippen molar-refractivity contribution in [2.45, 2.75) is 25.3 Å². The molecule has 3 aromatic heterocycles. The monoisotopic (exact) mass is 497 g/mol. The van der Waals surface area contributed by atoms with E-state index in [9.17, 15) is 23.2 Å². The molecule has 1 aliphatic heterocycles. The zero-order valence-electron chi connectivity index (χ0n) is 19.1. The van der Waals surface area contributed by atoms with E-state index in [-0.39, 0.29) is 16.9 Å². The number of nitrogens with zero attached hydrogens (tertiary/aromatic N) is 5. The molecule has 0 unspecified atom stereocenters. The molecule has 4 heterocycles. The molecule has 3 aromatic rings. The number of likely N-dealkylation sites (tertiary alicyclic amines) is 1. The van der Waals surface area contributed by atoms with Crippen molar-refractivity contribution in [1.29, 1.82) is 5.26 Å². The lowest BCUT2D eigenvalue weighted by atomic mass is 10.2. The number of alkyl halides is 2. The Labute approximate surface area is 203 Å². The smallest absolute Gasteiger partial charge is 0.275 e. The van der Waals surface area contributed by atoms with Crippen LogP contribution in [0.2, 0.25) is 0 Å². The molecular formula is C23H21F2N7O4. The largest absolute Gasteiger partial charge is 0.494 e. The summed E-state index contributed by atoms with van der Waals surface area (Å²) in [5.74, 6) is -4.72. The number of hydrogen-bond acceptors (Lipinski definition) is 7. The van der Waals surface area contributed by atoms with E-state index in [1.54, 1.807) is 28.8 Å². The third-order valence-corrected chi connectivity index (χ3v) is 5.43. The van der Waals surface area contributed by atoms with Gasteiger partial charge in [0, 0.05) is 31.1 Å². The van der Waals surface area contributed by atoms with Crippen molar-refractivity contribution >= 4 is 29.1 Å². The molecule has 0 spiro atoms. The number of rotatable bonds is 7. The second-order valence-electron chi connectivity index (χ2n) is 7.97. The number of hydrogen-bond donors (Lipinski definition) is 2. The maximum Gasteiger partial charge on any atom is 0.275 e. The number of nitrogens with one attached hydrogen (secondary N) is 2. The first-order valence-corrected chi connectivity index (χ1v) is 10.9. The zero-order valence-corrected chi connectivity index (χ0v) is 19.1. The summed E-state index contributed by atoms with van der Waals surface area (Å²) < 4.78 is 34.3. The summed E-state index contributed by atoms with van der Waals surface area (Å²) in [5, 5.41) is 14.0. The highest BCUT2D eigenvalue weighted by Gasteiger charge is 2.47. The number of anilines is 1. The number of carbonyl (C=O) groups excluding carboxylic acids is 3. The number of amides is 3. The number of halogens is 2. The molecule has 0 saturated carbocycles. The average Bonchev–Trinajstić information content (AvgIpc) is 3.42. The SMILES string of the molecule is CCOc1ccn2cc(C(=O)Nc3cnccc3C(=O)NCC(=O)N3CC(F)(F)C[C@H]3C#N)nc2c1. The minimum atomic E-state index is -3.16. The quantitative estimate of drug-likeness (QED) is 0.508. The van der Waals surface area contributed by atoms with Gasteiger partial charge in [-0.05, 0) is 19.1 Å². The summed E-state index contributed by atoms with van der Waals surface area (Å²) >= 11 is 0. The van der Waals surface area contributed by atoms with E-state index in [4.69, 9.17) is 10.00 Å². The van der Waals surface area contributed by atoms with Gasteiger partial charge in [-0.2, -0.15) is 5.26 Å². The van der Waals surface area contributed by atoms with E-state index in [1.807, 2.05) is 6.92 Å². The Morgan fingerprint density at radius 3 is 2.86 bits per heavy atom. The fourth-order valence-electron chi connectivity index (χ4n) is 3.75. The van der Waals surface area contributed by atoms with Crippen molar-refractivity contribution in [2.75, 3.05) is 25.0 Å². The highest BCUT2D eigenvalue weighted by atomic mass is 19.3. The number of imidazole rings is 1. The maximum atomic E-state index is 13.6. The van der Waals surface area contributed by atoms with Gasteiger partial charge in [-0.1, -0.05) is 0 Å². The first-order valence-electron chi connectivity index (χ1n) is 10.9. The number of pyridine rings is 2. The molecule has 0 radical (unpaired) electrons. The van der Waals surface area contributed by atoms with E-state index < -0.39 is 49.2 Å². The Morgan fingerprint density at radius 1 is 1.31 bits per heavy atom. The Bertz CT molecular complexity index is 1370. The second-order valence-corrected chi connectivity index (χ2v) is 7.97. The summed E-state index contributed by atoms with van der Waals surface area (Å²) in [4.78, 5) is 46.8. The standard InChI is InChI=1S/C23H21F2N7O4/c1-2-36-15-4-6-31-12-18(29-19(31)7-15)22(35)30-17-10-27-5-3-16(17)21(34)28-11-20(33)32-13-23(24,25)8-14(32)9-26/h3-7,10,12,14H,2,8,11,13H2,1H3,(H,28,34)(H,30,35)/t14-/m0/s1. The summed E-state index contributed by atoms with van der Waals surface area (Å²) in [5.41, 5.74) is 0.614. The van der Waals surface area contributed by atoms with E-state index in [0.717, 1.165) is 4.90 Å². The summed E-state index contributed by atoms with van der Waals surface area (Å²) in [7, 11) is 0. The maximum absolute atomic E-state index is 13.6. The Morgan fingerprint density at radius 2 is 2.11 bits per heavy atom. The molecule has 0 aliphatic carbocycles. The van der Waals surface area contributed by atoms with E-state index in [0.29, 0.717) is 18.0 Å². The van der Waals surface area contributed by atoms with Crippen molar-refractivity contribution in [1.82, 2.24) is 24.6 Å². The predicted molar refractivity (Wildman–Crippen MR) is 122 cm³/mol. The van der Waals surface area contributed by atoms with Crippen LogP contribution in [0.15, 0.2) is 43.0 Å². The van der Waals surface area contributed by atoms with Crippen LogP contribution in [0.1, 0.15) is 34.2 Å². The van der Waals surface area contributed by atoms with Crippen LogP contribution in [0, 0.1) is 11.3 Å². The first-order chi connectivity index (χ1) is 17.2. The number of fused-ring (bicyclic) bond motifs is 1. The third kappa shape index (κ3) is 5.22. The summed E-state index contributed by atoms with van der Waals surface area (Å²) in [6, 6.07) is 5.14. The van der Waals surface area contributed by atoms with Gasteiger partial charge in [-0.15, -0.1) is 0 Å². The highest BCUT2D eigenvalue weighted by Crippen LogP contribution is 2.31. The molecule has 0 bridgehead atoms. The van der Waals surface area contributed by atoms with Crippen LogP contribution < -0.4 is 15.4 Å². The van der Waals surface area contributed by atoms with Gasteiger partial charge in [0.05, 0.1) is 43.2 Å². The van der Waals surface area contributed by atoms with Gasteiger partial charge in [0.1, 0.15) is 23.1 Å². The number of nitriles is 1. The van der Waals surface area contributed by atoms with Crippen molar-refractivity contribution in [2.24, 2.45) is 0 Å². The van der Waals surface area contributed by atoms with Crippen LogP contribution >= 0.6 is 0 Å². The number of carbonyl (C=O) groups is 3. The van der Waals surface area contributed by atoms with Crippen LogP contribution in [0.4, 0.5) is 14.5 Å². The lowest BCUT2D eigenvalue weighted by molar-refractivity contribution is -0.131. The minimum Gasteiger partial charge on any atom is -0.494 e. The predicted octanol–water partition coefficient (Wildman–Crippen LogP) is 1.87. The van der Waals surface area contributed by atoms with E-state index >= 15 is 0 Å². The molecule has 0 aromatic carbocycles. The molecule has 186 valence electrons. The Kier molecular flexibility index (Phi) is 6.77. The normalized spacial score (nSPS) is 16.4. The second kappa shape index (κ2) is 9.95. The minimum absolute atomic E-state index is 0.00266. The van der Waals surface area contributed by atoms with Crippen LogP contribution in [0.3, 0.4) is 0 Å². The molecule has 4 rings (SSSR count). The van der Waals surface area contributed by atoms with Crippen molar-refractivity contribution < 1.29 is 27.9 Å². The van der Waals surface area contributed by atoms with Gasteiger partial charge < -0.3 is 24.7 Å². The van der Waals surface area contributed by atoms with Crippen molar-refractivity contribution in [3.05, 3.63) is 54.2 Å². The van der Waals surface area contributed by atoms with E-state index in [1.165, 1.54) is 24.7 Å². The number of aromatic nitrogens is 3. The lowest BCUT2D eigenvalue weighted by Crippen LogP contribution is -2.43. The molecule has 36 heavy (non-hydrogen) atoms. The summed E-state index contributed by atoms with van der Waals surface area (Å²) in [6.07, 6.45) is 5.02. The average molecular weight is 497 g/mol. The van der Waals surface area contributed by atoms with Crippen molar-refractivity contribution in [3.63, 3.8) is 0 Å². The third-order valence-electron chi connectivity index (χ3n) is 5.43. The van der Waals surface area contributed by atoms with Gasteiger partial charge in [0.2, 0.25) is 5.91 Å². The van der Waals surface area contributed by atoms with Crippen LogP contribution in [0.5, 0.6) is 5.75 Å². The van der Waals surface area contributed by atoms with Gasteiger partial charge in [-0.25, -0.2) is 13.8 Å². The fourth-order valence-corrected chi connectivity index (χ4v) is 3.75. The first kappa shape index (κ1) is 24.5.